The molecule has 5 nitrogen and oxygen atoms in total. The highest BCUT2D eigenvalue weighted by Gasteiger charge is 2.23. The van der Waals surface area contributed by atoms with Gasteiger partial charge in [-0.1, -0.05) is 60.7 Å². The SMILES string of the molecule is O=C(Cc1ccc(-c2ccccc2)cc1)NC(C(=O)O)c1ccccn1. The van der Waals surface area contributed by atoms with Gasteiger partial charge in [-0.2, -0.15) is 0 Å². The highest BCUT2D eigenvalue weighted by atomic mass is 16.4. The number of carboxylic acid groups (broad SMARTS) is 1. The van der Waals surface area contributed by atoms with Gasteiger partial charge >= 0.3 is 5.97 Å². The van der Waals surface area contributed by atoms with Crippen molar-refractivity contribution in [1.82, 2.24) is 10.3 Å². The van der Waals surface area contributed by atoms with Gasteiger partial charge in [0.25, 0.3) is 0 Å². The highest BCUT2D eigenvalue weighted by molar-refractivity contribution is 5.85. The molecule has 0 radical (unpaired) electrons. The van der Waals surface area contributed by atoms with E-state index in [0.29, 0.717) is 5.69 Å². The Morgan fingerprint density at radius 1 is 0.885 bits per heavy atom. The molecular weight excluding hydrogens is 328 g/mol. The summed E-state index contributed by atoms with van der Waals surface area (Å²) in [5, 5.41) is 11.9. The maximum absolute atomic E-state index is 12.3. The summed E-state index contributed by atoms with van der Waals surface area (Å²) in [7, 11) is 0. The lowest BCUT2D eigenvalue weighted by molar-refractivity contribution is -0.142. The van der Waals surface area contributed by atoms with Crippen molar-refractivity contribution in [2.24, 2.45) is 0 Å². The maximum Gasteiger partial charge on any atom is 0.332 e. The number of amides is 1. The second-order valence-electron chi connectivity index (χ2n) is 5.83. The van der Waals surface area contributed by atoms with E-state index in [0.717, 1.165) is 16.7 Å². The molecule has 0 spiro atoms. The number of carbonyl (C=O) groups excluding carboxylic acids is 1. The lowest BCUT2D eigenvalue weighted by Crippen LogP contribution is -2.35. The summed E-state index contributed by atoms with van der Waals surface area (Å²) in [6, 6.07) is 21.4. The van der Waals surface area contributed by atoms with E-state index in [1.807, 2.05) is 54.6 Å². The van der Waals surface area contributed by atoms with Gasteiger partial charge in [0.05, 0.1) is 12.1 Å². The molecule has 26 heavy (non-hydrogen) atoms. The monoisotopic (exact) mass is 346 g/mol. The largest absolute Gasteiger partial charge is 0.479 e. The Hall–Kier alpha value is -3.47. The zero-order valence-corrected chi connectivity index (χ0v) is 14.0. The molecule has 1 heterocycles. The number of nitrogens with zero attached hydrogens (tertiary/aromatic N) is 1. The topological polar surface area (TPSA) is 79.3 Å². The molecule has 0 aliphatic carbocycles. The van der Waals surface area contributed by atoms with Crippen molar-refractivity contribution in [1.29, 1.82) is 0 Å². The molecule has 3 rings (SSSR count). The fourth-order valence-corrected chi connectivity index (χ4v) is 2.65. The van der Waals surface area contributed by atoms with Crippen molar-refractivity contribution in [2.75, 3.05) is 0 Å². The Morgan fingerprint density at radius 3 is 2.15 bits per heavy atom. The zero-order valence-electron chi connectivity index (χ0n) is 14.0. The molecule has 1 atom stereocenters. The normalized spacial score (nSPS) is 11.5. The molecule has 0 bridgehead atoms. The molecule has 0 aliphatic rings. The van der Waals surface area contributed by atoms with Gasteiger partial charge in [0, 0.05) is 6.20 Å². The summed E-state index contributed by atoms with van der Waals surface area (Å²) in [4.78, 5) is 27.7. The van der Waals surface area contributed by atoms with Crippen LogP contribution < -0.4 is 5.32 Å². The first-order valence-electron chi connectivity index (χ1n) is 8.21. The molecule has 0 saturated heterocycles. The number of aromatic nitrogens is 1. The molecular formula is C21H18N2O3. The average Bonchev–Trinajstić information content (AvgIpc) is 2.68. The maximum atomic E-state index is 12.3. The van der Waals surface area contributed by atoms with Crippen LogP contribution in [0, 0.1) is 0 Å². The lowest BCUT2D eigenvalue weighted by Gasteiger charge is -2.14. The van der Waals surface area contributed by atoms with E-state index in [1.54, 1.807) is 18.2 Å². The van der Waals surface area contributed by atoms with E-state index in [4.69, 9.17) is 0 Å². The molecule has 1 aromatic heterocycles. The number of carboxylic acids is 1. The first-order valence-corrected chi connectivity index (χ1v) is 8.21. The van der Waals surface area contributed by atoms with Gasteiger partial charge in [0.1, 0.15) is 0 Å². The molecule has 1 amide bonds. The van der Waals surface area contributed by atoms with Crippen molar-refractivity contribution in [3.05, 3.63) is 90.3 Å². The molecule has 0 saturated carbocycles. The minimum Gasteiger partial charge on any atom is -0.479 e. The molecule has 5 heteroatoms. The highest BCUT2D eigenvalue weighted by Crippen LogP contribution is 2.19. The summed E-state index contributed by atoms with van der Waals surface area (Å²) in [6.45, 7) is 0. The fourth-order valence-electron chi connectivity index (χ4n) is 2.65. The number of hydrogen-bond donors (Lipinski definition) is 2. The van der Waals surface area contributed by atoms with Crippen LogP contribution in [-0.4, -0.2) is 22.0 Å². The summed E-state index contributed by atoms with van der Waals surface area (Å²) >= 11 is 0. The van der Waals surface area contributed by atoms with Crippen LogP contribution in [0.2, 0.25) is 0 Å². The smallest absolute Gasteiger partial charge is 0.332 e. The van der Waals surface area contributed by atoms with Crippen molar-refractivity contribution >= 4 is 11.9 Å². The van der Waals surface area contributed by atoms with Crippen LogP contribution in [0.15, 0.2) is 79.0 Å². The first-order chi connectivity index (χ1) is 12.6. The number of benzene rings is 2. The molecule has 0 aliphatic heterocycles. The number of aliphatic carboxylic acids is 1. The minimum atomic E-state index is -1.16. The van der Waals surface area contributed by atoms with Crippen LogP contribution in [0.1, 0.15) is 17.3 Å². The van der Waals surface area contributed by atoms with E-state index in [2.05, 4.69) is 10.3 Å². The van der Waals surface area contributed by atoms with Gasteiger partial charge in [0.2, 0.25) is 5.91 Å². The Balaban J connectivity index is 1.67. The lowest BCUT2D eigenvalue weighted by atomic mass is 10.0. The van der Waals surface area contributed by atoms with Crippen molar-refractivity contribution in [3.63, 3.8) is 0 Å². The van der Waals surface area contributed by atoms with Gasteiger partial charge in [-0.05, 0) is 28.8 Å². The number of pyridine rings is 1. The third-order valence-corrected chi connectivity index (χ3v) is 3.96. The standard InChI is InChI=1S/C21H18N2O3/c24-19(23-20(21(25)26)18-8-4-5-13-22-18)14-15-9-11-17(12-10-15)16-6-2-1-3-7-16/h1-13,20H,14H2,(H,23,24)(H,25,26). The van der Waals surface area contributed by atoms with Crippen molar-refractivity contribution in [2.45, 2.75) is 12.5 Å². The van der Waals surface area contributed by atoms with E-state index in [-0.39, 0.29) is 12.3 Å². The van der Waals surface area contributed by atoms with Crippen molar-refractivity contribution in [3.8, 4) is 11.1 Å². The quantitative estimate of drug-likeness (QED) is 0.718. The van der Waals surface area contributed by atoms with Gasteiger partial charge in [-0.15, -0.1) is 0 Å². The van der Waals surface area contributed by atoms with Crippen LogP contribution in [0.4, 0.5) is 0 Å². The number of nitrogens with one attached hydrogen (secondary N) is 1. The summed E-state index contributed by atoms with van der Waals surface area (Å²) in [5.74, 6) is -1.51. The third kappa shape index (κ3) is 4.33. The molecule has 2 aromatic carbocycles. The van der Waals surface area contributed by atoms with Gasteiger partial charge in [-0.3, -0.25) is 9.78 Å². The van der Waals surface area contributed by atoms with Crippen LogP contribution in [0.3, 0.4) is 0 Å². The van der Waals surface area contributed by atoms with E-state index in [9.17, 15) is 14.7 Å². The second kappa shape index (κ2) is 8.07. The molecule has 0 fully saturated rings. The Morgan fingerprint density at radius 2 is 1.54 bits per heavy atom. The number of carbonyl (C=O) groups is 2. The third-order valence-electron chi connectivity index (χ3n) is 3.96. The van der Waals surface area contributed by atoms with Crippen LogP contribution in [0.25, 0.3) is 11.1 Å². The minimum absolute atomic E-state index is 0.103. The molecule has 130 valence electrons. The first kappa shape index (κ1) is 17.4. The summed E-state index contributed by atoms with van der Waals surface area (Å²) in [5.41, 5.74) is 3.27. The summed E-state index contributed by atoms with van der Waals surface area (Å²) < 4.78 is 0. The Bertz CT molecular complexity index is 878. The fraction of sp³-hybridized carbons (Fsp3) is 0.0952. The molecule has 3 aromatic rings. The van der Waals surface area contributed by atoms with E-state index < -0.39 is 12.0 Å². The van der Waals surface area contributed by atoms with Crippen LogP contribution >= 0.6 is 0 Å². The molecule has 2 N–H and O–H groups in total. The van der Waals surface area contributed by atoms with Gasteiger partial charge in [-0.25, -0.2) is 4.79 Å². The van der Waals surface area contributed by atoms with Crippen LogP contribution in [0.5, 0.6) is 0 Å². The predicted octanol–water partition coefficient (Wildman–Crippen LogP) is 3.23. The van der Waals surface area contributed by atoms with E-state index in [1.165, 1.54) is 6.20 Å². The number of hydrogen-bond acceptors (Lipinski definition) is 3. The van der Waals surface area contributed by atoms with Crippen LogP contribution in [-0.2, 0) is 16.0 Å². The number of rotatable bonds is 6. The van der Waals surface area contributed by atoms with Gasteiger partial charge < -0.3 is 10.4 Å². The predicted molar refractivity (Wildman–Crippen MR) is 98.3 cm³/mol. The Kier molecular flexibility index (Phi) is 5.39. The van der Waals surface area contributed by atoms with E-state index >= 15 is 0 Å². The zero-order chi connectivity index (χ0) is 18.4. The summed E-state index contributed by atoms with van der Waals surface area (Å²) in [6.07, 6.45) is 1.60. The Labute approximate surface area is 151 Å². The van der Waals surface area contributed by atoms with Gasteiger partial charge in [0.15, 0.2) is 6.04 Å². The molecule has 1 unspecified atom stereocenters. The average molecular weight is 346 g/mol. The second-order valence-corrected chi connectivity index (χ2v) is 5.83. The van der Waals surface area contributed by atoms with Crippen molar-refractivity contribution < 1.29 is 14.7 Å².